The first-order valence-electron chi connectivity index (χ1n) is 8.18. The van der Waals surface area contributed by atoms with Gasteiger partial charge in [-0.2, -0.15) is 0 Å². The molecule has 142 valence electrons. The molecule has 27 heavy (non-hydrogen) atoms. The first kappa shape index (κ1) is 19.9. The summed E-state index contributed by atoms with van der Waals surface area (Å²) in [5.41, 5.74) is 1.51. The highest BCUT2D eigenvalue weighted by molar-refractivity contribution is 5.97. The summed E-state index contributed by atoms with van der Waals surface area (Å²) in [7, 11) is 1.38. The van der Waals surface area contributed by atoms with Gasteiger partial charge in [-0.3, -0.25) is 19.7 Å². The highest BCUT2D eigenvalue weighted by Gasteiger charge is 2.22. The largest absolute Gasteiger partial charge is 0.496 e. The van der Waals surface area contributed by atoms with Crippen molar-refractivity contribution in [3.63, 3.8) is 0 Å². The smallest absolute Gasteiger partial charge is 0.311 e. The number of amides is 1. The van der Waals surface area contributed by atoms with Gasteiger partial charge in [-0.15, -0.1) is 0 Å². The predicted octanol–water partition coefficient (Wildman–Crippen LogP) is 3.02. The van der Waals surface area contributed by atoms with Crippen LogP contribution in [0.4, 0.5) is 11.4 Å². The number of ether oxygens (including phenoxy) is 2. The van der Waals surface area contributed by atoms with Gasteiger partial charge in [0, 0.05) is 0 Å². The van der Waals surface area contributed by atoms with E-state index >= 15 is 0 Å². The molecular weight excluding hydrogens is 352 g/mol. The van der Waals surface area contributed by atoms with Crippen molar-refractivity contribution < 1.29 is 24.0 Å². The minimum absolute atomic E-state index is 0.00719. The molecule has 8 nitrogen and oxygen atoms in total. The van der Waals surface area contributed by atoms with Gasteiger partial charge in [-0.1, -0.05) is 29.8 Å². The lowest BCUT2D eigenvalue weighted by atomic mass is 10.1. The average molecular weight is 372 g/mol. The number of nitrogens with one attached hydrogen (secondary N) is 1. The number of hydrogen-bond donors (Lipinski definition) is 1. The quantitative estimate of drug-likeness (QED) is 0.455. The van der Waals surface area contributed by atoms with Crippen molar-refractivity contribution in [3.8, 4) is 5.75 Å². The highest BCUT2D eigenvalue weighted by atomic mass is 16.6. The zero-order valence-corrected chi connectivity index (χ0v) is 15.2. The Morgan fingerprint density at radius 2 is 1.85 bits per heavy atom. The molecule has 0 radical (unpaired) electrons. The number of hydrogen-bond acceptors (Lipinski definition) is 6. The van der Waals surface area contributed by atoms with Gasteiger partial charge in [0.05, 0.1) is 24.5 Å². The predicted molar refractivity (Wildman–Crippen MR) is 98.7 cm³/mol. The van der Waals surface area contributed by atoms with Crippen molar-refractivity contribution in [1.29, 1.82) is 0 Å². The Hall–Kier alpha value is -3.42. The summed E-state index contributed by atoms with van der Waals surface area (Å²) in [5.74, 6) is -0.941. The van der Waals surface area contributed by atoms with Crippen molar-refractivity contribution in [2.75, 3.05) is 12.4 Å². The first-order valence-corrected chi connectivity index (χ1v) is 8.18. The van der Waals surface area contributed by atoms with Crippen LogP contribution in [0.5, 0.6) is 5.75 Å². The second-order valence-corrected chi connectivity index (χ2v) is 5.92. The maximum absolute atomic E-state index is 12.2. The van der Waals surface area contributed by atoms with Gasteiger partial charge in [0.25, 0.3) is 11.6 Å². The number of carbonyl (C=O) groups is 2. The summed E-state index contributed by atoms with van der Waals surface area (Å²) in [4.78, 5) is 34.8. The van der Waals surface area contributed by atoms with E-state index in [2.05, 4.69) is 5.32 Å². The molecule has 0 bridgehead atoms. The second kappa shape index (κ2) is 8.79. The molecule has 0 aromatic heterocycles. The Bertz CT molecular complexity index is 848. The number of anilines is 1. The van der Waals surface area contributed by atoms with Crippen LogP contribution in [0, 0.1) is 17.0 Å². The Morgan fingerprint density at radius 1 is 1.19 bits per heavy atom. The van der Waals surface area contributed by atoms with Crippen LogP contribution in [0.2, 0.25) is 0 Å². The fourth-order valence-corrected chi connectivity index (χ4v) is 2.29. The SMILES string of the molecule is COc1ccc(NC(=O)C(C)OC(=O)Cc2ccc(C)cc2)c([N+](=O)[O-])c1. The molecule has 0 fully saturated rings. The Labute approximate surface area is 156 Å². The number of rotatable bonds is 7. The lowest BCUT2D eigenvalue weighted by Crippen LogP contribution is -2.30. The Morgan fingerprint density at radius 3 is 2.44 bits per heavy atom. The standard InChI is InChI=1S/C19H20N2O6/c1-12-4-6-14(7-5-12)10-18(22)27-13(2)19(23)20-16-9-8-15(26-3)11-17(16)21(24)25/h4-9,11,13H,10H2,1-3H3,(H,20,23). The molecule has 1 N–H and O–H groups in total. The number of carbonyl (C=O) groups excluding carboxylic acids is 2. The van der Waals surface area contributed by atoms with E-state index in [4.69, 9.17) is 9.47 Å². The van der Waals surface area contributed by atoms with Gasteiger partial charge in [0.1, 0.15) is 11.4 Å². The number of nitrogens with zero attached hydrogens (tertiary/aromatic N) is 1. The third-order valence-electron chi connectivity index (χ3n) is 3.81. The van der Waals surface area contributed by atoms with Crippen LogP contribution in [-0.2, 0) is 20.7 Å². The van der Waals surface area contributed by atoms with Crippen LogP contribution in [0.25, 0.3) is 0 Å². The molecule has 1 unspecified atom stereocenters. The summed E-state index contributed by atoms with van der Waals surface area (Å²) < 4.78 is 10.1. The number of benzene rings is 2. The van der Waals surface area contributed by atoms with Gasteiger partial charge in [-0.05, 0) is 31.5 Å². The van der Waals surface area contributed by atoms with E-state index in [1.807, 2.05) is 31.2 Å². The molecule has 0 heterocycles. The Balaban J connectivity index is 2.00. The molecule has 1 atom stereocenters. The summed E-state index contributed by atoms with van der Waals surface area (Å²) >= 11 is 0. The van der Waals surface area contributed by atoms with Gasteiger partial charge in [0.15, 0.2) is 6.10 Å². The number of esters is 1. The Kier molecular flexibility index (Phi) is 6.48. The molecule has 2 aromatic carbocycles. The number of methoxy groups -OCH3 is 1. The molecule has 1 amide bonds. The van der Waals surface area contributed by atoms with Crippen molar-refractivity contribution >= 4 is 23.3 Å². The van der Waals surface area contributed by atoms with Gasteiger partial charge < -0.3 is 14.8 Å². The van der Waals surface area contributed by atoms with Gasteiger partial charge >= 0.3 is 5.97 Å². The van der Waals surface area contributed by atoms with Gasteiger partial charge in [-0.25, -0.2) is 0 Å². The minimum Gasteiger partial charge on any atom is -0.496 e. The fraction of sp³-hybridized carbons (Fsp3) is 0.263. The first-order chi connectivity index (χ1) is 12.8. The summed E-state index contributed by atoms with van der Waals surface area (Å²) in [6.45, 7) is 3.34. The van der Waals surface area contributed by atoms with E-state index in [-0.39, 0.29) is 23.5 Å². The van der Waals surface area contributed by atoms with Gasteiger partial charge in [0.2, 0.25) is 0 Å². The lowest BCUT2D eigenvalue weighted by Gasteiger charge is -2.14. The molecule has 2 rings (SSSR count). The van der Waals surface area contributed by atoms with Crippen molar-refractivity contribution in [2.45, 2.75) is 26.4 Å². The molecule has 8 heteroatoms. The zero-order valence-electron chi connectivity index (χ0n) is 15.2. The summed E-state index contributed by atoms with van der Waals surface area (Å²) in [5, 5.41) is 13.6. The molecular formula is C19H20N2O6. The monoisotopic (exact) mass is 372 g/mol. The van der Waals surface area contributed by atoms with E-state index in [1.165, 1.54) is 32.2 Å². The third-order valence-corrected chi connectivity index (χ3v) is 3.81. The van der Waals surface area contributed by atoms with Crippen molar-refractivity contribution in [3.05, 3.63) is 63.7 Å². The fourth-order valence-electron chi connectivity index (χ4n) is 2.29. The zero-order chi connectivity index (χ0) is 20.0. The molecule has 0 spiro atoms. The lowest BCUT2D eigenvalue weighted by molar-refractivity contribution is -0.384. The minimum atomic E-state index is -1.11. The molecule has 0 saturated carbocycles. The maximum Gasteiger partial charge on any atom is 0.311 e. The van der Waals surface area contributed by atoms with Crippen LogP contribution >= 0.6 is 0 Å². The van der Waals surface area contributed by atoms with E-state index in [1.54, 1.807) is 0 Å². The van der Waals surface area contributed by atoms with Crippen LogP contribution in [0.1, 0.15) is 18.1 Å². The third kappa shape index (κ3) is 5.53. The highest BCUT2D eigenvalue weighted by Crippen LogP contribution is 2.29. The summed E-state index contributed by atoms with van der Waals surface area (Å²) in [6.07, 6.45) is -1.08. The van der Waals surface area contributed by atoms with Crippen LogP contribution in [0.15, 0.2) is 42.5 Å². The average Bonchev–Trinajstić information content (AvgIpc) is 2.63. The van der Waals surface area contributed by atoms with E-state index in [9.17, 15) is 19.7 Å². The molecule has 0 saturated heterocycles. The topological polar surface area (TPSA) is 108 Å². The molecule has 0 aliphatic rings. The molecule has 0 aliphatic carbocycles. The number of nitro benzene ring substituents is 1. The van der Waals surface area contributed by atoms with Crippen LogP contribution in [-0.4, -0.2) is 30.0 Å². The number of aryl methyl sites for hydroxylation is 1. The van der Waals surface area contributed by atoms with E-state index in [0.29, 0.717) is 0 Å². The molecule has 2 aromatic rings. The van der Waals surface area contributed by atoms with E-state index < -0.39 is 22.9 Å². The second-order valence-electron chi connectivity index (χ2n) is 5.92. The van der Waals surface area contributed by atoms with Crippen LogP contribution in [0.3, 0.4) is 0 Å². The normalized spacial score (nSPS) is 11.4. The maximum atomic E-state index is 12.2. The summed E-state index contributed by atoms with van der Waals surface area (Å²) in [6, 6.07) is 11.4. The van der Waals surface area contributed by atoms with E-state index in [0.717, 1.165) is 11.1 Å². The van der Waals surface area contributed by atoms with Crippen LogP contribution < -0.4 is 10.1 Å². The van der Waals surface area contributed by atoms with Crippen molar-refractivity contribution in [1.82, 2.24) is 0 Å². The molecule has 0 aliphatic heterocycles. The van der Waals surface area contributed by atoms with Crippen molar-refractivity contribution in [2.24, 2.45) is 0 Å². The number of nitro groups is 1.